The van der Waals surface area contributed by atoms with Gasteiger partial charge in [-0.3, -0.25) is 4.79 Å². The zero-order valence-corrected chi connectivity index (χ0v) is 13.0. The predicted molar refractivity (Wildman–Crippen MR) is 84.5 cm³/mol. The first kappa shape index (κ1) is 12.6. The van der Waals surface area contributed by atoms with Crippen LogP contribution in [0, 0.1) is 6.92 Å². The molecule has 1 aliphatic rings. The van der Waals surface area contributed by atoms with Crippen molar-refractivity contribution in [1.29, 1.82) is 0 Å². The zero-order valence-electron chi connectivity index (χ0n) is 10.6. The fourth-order valence-corrected chi connectivity index (χ4v) is 3.42. The zero-order chi connectivity index (χ0) is 13.6. The minimum Gasteiger partial charge on any atom is -0.311 e. The maximum atomic E-state index is 12.3. The Morgan fingerprint density at radius 1 is 1.26 bits per heavy atom. The number of halogens is 1. The Morgan fingerprint density at radius 3 is 2.74 bits per heavy atom. The van der Waals surface area contributed by atoms with Crippen LogP contribution < -0.4 is 4.90 Å². The van der Waals surface area contributed by atoms with E-state index in [2.05, 4.69) is 35.0 Å². The third-order valence-corrected chi connectivity index (χ3v) is 4.63. The number of thiophene rings is 1. The lowest BCUT2D eigenvalue weighted by Gasteiger charge is -2.08. The highest BCUT2D eigenvalue weighted by Gasteiger charge is 2.29. The van der Waals surface area contributed by atoms with Crippen molar-refractivity contribution in [3.8, 4) is 0 Å². The van der Waals surface area contributed by atoms with Crippen molar-refractivity contribution in [2.45, 2.75) is 6.92 Å². The van der Waals surface area contributed by atoms with Crippen molar-refractivity contribution in [1.82, 2.24) is 0 Å². The molecule has 1 aliphatic heterocycles. The van der Waals surface area contributed by atoms with Crippen LogP contribution in [0.2, 0.25) is 0 Å². The number of likely N-dealkylation sites (N-methyl/N-ethyl adjacent to an activating group) is 1. The Morgan fingerprint density at radius 2 is 2.05 bits per heavy atom. The summed E-state index contributed by atoms with van der Waals surface area (Å²) in [4.78, 5) is 16.4. The highest BCUT2D eigenvalue weighted by Crippen LogP contribution is 2.38. The maximum absolute atomic E-state index is 12.3. The highest BCUT2D eigenvalue weighted by molar-refractivity contribution is 9.10. The molecule has 2 aromatic rings. The van der Waals surface area contributed by atoms with Gasteiger partial charge in [0.1, 0.15) is 0 Å². The Labute approximate surface area is 124 Å². The van der Waals surface area contributed by atoms with Gasteiger partial charge in [0.2, 0.25) is 0 Å². The van der Waals surface area contributed by atoms with Crippen LogP contribution in [0.3, 0.4) is 0 Å². The van der Waals surface area contributed by atoms with E-state index >= 15 is 0 Å². The summed E-state index contributed by atoms with van der Waals surface area (Å²) >= 11 is 5.17. The summed E-state index contributed by atoms with van der Waals surface area (Å²) in [5.41, 5.74) is 2.72. The number of anilines is 1. The van der Waals surface area contributed by atoms with Crippen molar-refractivity contribution < 1.29 is 4.79 Å². The van der Waals surface area contributed by atoms with E-state index in [1.165, 1.54) is 4.88 Å². The molecule has 3 rings (SSSR count). The van der Waals surface area contributed by atoms with Gasteiger partial charge in [0, 0.05) is 26.8 Å². The molecule has 0 aliphatic carbocycles. The molecule has 0 radical (unpaired) electrons. The van der Waals surface area contributed by atoms with Gasteiger partial charge in [0.05, 0.1) is 11.3 Å². The molecule has 0 saturated carbocycles. The van der Waals surface area contributed by atoms with Gasteiger partial charge in [-0.05, 0) is 43.3 Å². The lowest BCUT2D eigenvalue weighted by atomic mass is 10.1. The van der Waals surface area contributed by atoms with Gasteiger partial charge in [-0.15, -0.1) is 11.3 Å². The molecular formula is C15H12BrNOS. The van der Waals surface area contributed by atoms with Crippen LogP contribution >= 0.6 is 27.3 Å². The van der Waals surface area contributed by atoms with Crippen molar-refractivity contribution in [3.05, 3.63) is 50.1 Å². The third kappa shape index (κ3) is 2.15. The first-order valence-corrected chi connectivity index (χ1v) is 7.53. The van der Waals surface area contributed by atoms with Gasteiger partial charge in [-0.2, -0.15) is 0 Å². The minimum absolute atomic E-state index is 0.0548. The van der Waals surface area contributed by atoms with Crippen molar-refractivity contribution in [2.75, 3.05) is 11.9 Å². The van der Waals surface area contributed by atoms with Gasteiger partial charge in [0.15, 0.2) is 0 Å². The normalized spacial score (nSPS) is 16.3. The molecule has 0 saturated heterocycles. The summed E-state index contributed by atoms with van der Waals surface area (Å²) < 4.78 is 0.989. The van der Waals surface area contributed by atoms with E-state index in [4.69, 9.17) is 0 Å². The summed E-state index contributed by atoms with van der Waals surface area (Å²) in [6, 6.07) is 10.1. The van der Waals surface area contributed by atoms with Crippen LogP contribution in [0.5, 0.6) is 0 Å². The number of carbonyl (C=O) groups is 1. The number of benzene rings is 1. The monoisotopic (exact) mass is 333 g/mol. The molecule has 0 fully saturated rings. The summed E-state index contributed by atoms with van der Waals surface area (Å²) in [6.07, 6.45) is 1.98. The Hall–Kier alpha value is -1.39. The minimum atomic E-state index is 0.0548. The standard InChI is InChI=1S/C15H12BrNOS/c1-9-3-5-11(19-9)8-13-12-7-10(16)4-6-14(12)17(2)15(13)18/h3-8H,1-2H3/b13-8+. The lowest BCUT2D eigenvalue weighted by molar-refractivity contribution is -0.112. The summed E-state index contributed by atoms with van der Waals surface area (Å²) in [7, 11) is 1.82. The van der Waals surface area contributed by atoms with Crippen LogP contribution in [0.1, 0.15) is 15.3 Å². The molecule has 0 bridgehead atoms. The van der Waals surface area contributed by atoms with Gasteiger partial charge in [0.25, 0.3) is 5.91 Å². The Balaban J connectivity index is 2.15. The summed E-state index contributed by atoms with van der Waals surface area (Å²) in [5.74, 6) is 0.0548. The molecule has 2 nitrogen and oxygen atoms in total. The molecule has 1 aromatic carbocycles. The Bertz CT molecular complexity index is 702. The van der Waals surface area contributed by atoms with E-state index in [0.29, 0.717) is 0 Å². The molecule has 0 atom stereocenters. The van der Waals surface area contributed by atoms with Crippen molar-refractivity contribution >= 4 is 50.5 Å². The smallest absolute Gasteiger partial charge is 0.258 e. The van der Waals surface area contributed by atoms with E-state index < -0.39 is 0 Å². The van der Waals surface area contributed by atoms with Crippen LogP contribution in [0.25, 0.3) is 11.6 Å². The number of rotatable bonds is 1. The first-order chi connectivity index (χ1) is 9.06. The quantitative estimate of drug-likeness (QED) is 0.711. The lowest BCUT2D eigenvalue weighted by Crippen LogP contribution is -2.20. The molecule has 1 aromatic heterocycles. The van der Waals surface area contributed by atoms with E-state index in [1.807, 2.05) is 31.3 Å². The van der Waals surface area contributed by atoms with Gasteiger partial charge in [-0.25, -0.2) is 0 Å². The molecule has 96 valence electrons. The second-order valence-electron chi connectivity index (χ2n) is 4.53. The number of nitrogens with zero attached hydrogens (tertiary/aromatic N) is 1. The molecule has 19 heavy (non-hydrogen) atoms. The fraction of sp³-hybridized carbons (Fsp3) is 0.133. The second kappa shape index (κ2) is 4.62. The molecule has 0 spiro atoms. The van der Waals surface area contributed by atoms with Crippen LogP contribution in [-0.2, 0) is 4.79 Å². The van der Waals surface area contributed by atoms with E-state index in [0.717, 1.165) is 26.2 Å². The predicted octanol–water partition coefficient (Wildman–Crippen LogP) is 4.34. The average Bonchev–Trinajstić information content (AvgIpc) is 2.88. The van der Waals surface area contributed by atoms with Crippen LogP contribution in [0.15, 0.2) is 34.8 Å². The SMILES string of the molecule is Cc1ccc(/C=C2/C(=O)N(C)c3ccc(Br)cc32)s1. The van der Waals surface area contributed by atoms with E-state index in [-0.39, 0.29) is 5.91 Å². The first-order valence-electron chi connectivity index (χ1n) is 5.92. The average molecular weight is 334 g/mol. The van der Waals surface area contributed by atoms with Gasteiger partial charge in [-0.1, -0.05) is 15.9 Å². The maximum Gasteiger partial charge on any atom is 0.258 e. The van der Waals surface area contributed by atoms with E-state index in [1.54, 1.807) is 16.2 Å². The molecule has 0 N–H and O–H groups in total. The largest absolute Gasteiger partial charge is 0.311 e. The van der Waals surface area contributed by atoms with E-state index in [9.17, 15) is 4.79 Å². The topological polar surface area (TPSA) is 20.3 Å². The number of amides is 1. The third-order valence-electron chi connectivity index (χ3n) is 3.19. The van der Waals surface area contributed by atoms with Gasteiger partial charge < -0.3 is 4.90 Å². The summed E-state index contributed by atoms with van der Waals surface area (Å²) in [5, 5.41) is 0. The number of hydrogen-bond donors (Lipinski definition) is 0. The molecular weight excluding hydrogens is 322 g/mol. The van der Waals surface area contributed by atoms with Crippen molar-refractivity contribution in [2.24, 2.45) is 0 Å². The van der Waals surface area contributed by atoms with Crippen LogP contribution in [0.4, 0.5) is 5.69 Å². The highest BCUT2D eigenvalue weighted by atomic mass is 79.9. The molecule has 1 amide bonds. The number of hydrogen-bond acceptors (Lipinski definition) is 2. The molecule has 4 heteroatoms. The fourth-order valence-electron chi connectivity index (χ4n) is 2.23. The number of aryl methyl sites for hydroxylation is 1. The molecule has 0 unspecified atom stereocenters. The van der Waals surface area contributed by atoms with Gasteiger partial charge >= 0.3 is 0 Å². The number of carbonyl (C=O) groups excluding carboxylic acids is 1. The van der Waals surface area contributed by atoms with Crippen molar-refractivity contribution in [3.63, 3.8) is 0 Å². The summed E-state index contributed by atoms with van der Waals surface area (Å²) in [6.45, 7) is 2.07. The Kier molecular flexibility index (Phi) is 3.07. The number of fused-ring (bicyclic) bond motifs is 1. The second-order valence-corrected chi connectivity index (χ2v) is 6.77. The molecule has 2 heterocycles. The van der Waals surface area contributed by atoms with Crippen LogP contribution in [-0.4, -0.2) is 13.0 Å².